The topological polar surface area (TPSA) is 26.3 Å². The fourth-order valence-corrected chi connectivity index (χ4v) is 1.86. The van der Waals surface area contributed by atoms with Gasteiger partial charge in [-0.1, -0.05) is 6.92 Å². The first-order valence-corrected chi connectivity index (χ1v) is 4.88. The van der Waals surface area contributed by atoms with Crippen LogP contribution >= 0.6 is 0 Å². The van der Waals surface area contributed by atoms with Gasteiger partial charge in [0.1, 0.15) is 0 Å². The summed E-state index contributed by atoms with van der Waals surface area (Å²) >= 11 is 0. The highest BCUT2D eigenvalue weighted by Gasteiger charge is 2.25. The Morgan fingerprint density at radius 1 is 1.50 bits per heavy atom. The highest BCUT2D eigenvalue weighted by molar-refractivity contribution is 5.69. The molecule has 0 aromatic heterocycles. The Hall–Kier alpha value is -0.530. The van der Waals surface area contributed by atoms with E-state index < -0.39 is 0 Å². The number of esters is 1. The lowest BCUT2D eigenvalue weighted by Gasteiger charge is -2.32. The van der Waals surface area contributed by atoms with Crippen LogP contribution in [-0.2, 0) is 9.53 Å². The third kappa shape index (κ3) is 2.84. The zero-order chi connectivity index (χ0) is 8.97. The monoisotopic (exact) mass is 170 g/mol. The van der Waals surface area contributed by atoms with Crippen LogP contribution in [0.5, 0.6) is 0 Å². The van der Waals surface area contributed by atoms with Crippen molar-refractivity contribution in [1.29, 1.82) is 0 Å². The molecule has 2 nitrogen and oxygen atoms in total. The van der Waals surface area contributed by atoms with Gasteiger partial charge in [0, 0.05) is 6.42 Å². The molecule has 12 heavy (non-hydrogen) atoms. The number of hydrogen-bond acceptors (Lipinski definition) is 2. The second-order valence-corrected chi connectivity index (χ2v) is 3.79. The van der Waals surface area contributed by atoms with Crippen LogP contribution in [0.4, 0.5) is 0 Å². The molecule has 1 aliphatic carbocycles. The fourth-order valence-electron chi connectivity index (χ4n) is 1.86. The molecule has 0 saturated heterocycles. The SMILES string of the molecule is CCOC(=O)CC[C@H]1C[C@H](C)C1. The largest absolute Gasteiger partial charge is 0.466 e. The Bertz CT molecular complexity index is 148. The molecule has 1 aliphatic rings. The lowest BCUT2D eigenvalue weighted by molar-refractivity contribution is -0.143. The molecule has 1 saturated carbocycles. The Morgan fingerprint density at radius 3 is 2.67 bits per heavy atom. The minimum atomic E-state index is -0.0305. The van der Waals surface area contributed by atoms with E-state index in [1.807, 2.05) is 6.92 Å². The molecule has 0 heterocycles. The number of hydrogen-bond donors (Lipinski definition) is 0. The average Bonchev–Trinajstić information content (AvgIpc) is 1.96. The molecule has 1 rings (SSSR count). The van der Waals surface area contributed by atoms with Gasteiger partial charge in [-0.15, -0.1) is 0 Å². The Kier molecular flexibility index (Phi) is 3.57. The number of rotatable bonds is 4. The van der Waals surface area contributed by atoms with Gasteiger partial charge in [-0.05, 0) is 38.0 Å². The Morgan fingerprint density at radius 2 is 2.17 bits per heavy atom. The van der Waals surface area contributed by atoms with Gasteiger partial charge in [0.15, 0.2) is 0 Å². The molecule has 0 radical (unpaired) electrons. The molecule has 0 N–H and O–H groups in total. The predicted octanol–water partition coefficient (Wildman–Crippen LogP) is 2.38. The summed E-state index contributed by atoms with van der Waals surface area (Å²) in [6.45, 7) is 4.63. The maximum absolute atomic E-state index is 10.9. The maximum Gasteiger partial charge on any atom is 0.305 e. The highest BCUT2D eigenvalue weighted by atomic mass is 16.5. The minimum absolute atomic E-state index is 0.0305. The van der Waals surface area contributed by atoms with Crippen molar-refractivity contribution < 1.29 is 9.53 Å². The molecular weight excluding hydrogens is 152 g/mol. The van der Waals surface area contributed by atoms with E-state index >= 15 is 0 Å². The van der Waals surface area contributed by atoms with Crippen LogP contribution < -0.4 is 0 Å². The molecule has 0 aromatic rings. The summed E-state index contributed by atoms with van der Waals surface area (Å²) in [6, 6.07) is 0. The van der Waals surface area contributed by atoms with Crippen molar-refractivity contribution in [2.75, 3.05) is 6.61 Å². The second-order valence-electron chi connectivity index (χ2n) is 3.79. The van der Waals surface area contributed by atoms with Crippen molar-refractivity contribution in [2.45, 2.75) is 39.5 Å². The third-order valence-corrected chi connectivity index (χ3v) is 2.53. The zero-order valence-corrected chi connectivity index (χ0v) is 8.01. The first-order valence-electron chi connectivity index (χ1n) is 4.88. The van der Waals surface area contributed by atoms with Gasteiger partial charge in [0.05, 0.1) is 6.61 Å². The molecule has 0 aliphatic heterocycles. The summed E-state index contributed by atoms with van der Waals surface area (Å²) in [5, 5.41) is 0. The van der Waals surface area contributed by atoms with Gasteiger partial charge in [-0.25, -0.2) is 0 Å². The first kappa shape index (κ1) is 9.56. The lowest BCUT2D eigenvalue weighted by Crippen LogP contribution is -2.21. The highest BCUT2D eigenvalue weighted by Crippen LogP contribution is 2.36. The smallest absolute Gasteiger partial charge is 0.305 e. The average molecular weight is 170 g/mol. The quantitative estimate of drug-likeness (QED) is 0.605. The molecule has 1 fully saturated rings. The summed E-state index contributed by atoms with van der Waals surface area (Å²) < 4.78 is 4.85. The van der Waals surface area contributed by atoms with E-state index in [1.54, 1.807) is 0 Å². The summed E-state index contributed by atoms with van der Waals surface area (Å²) in [4.78, 5) is 10.9. The molecule has 0 atom stereocenters. The van der Waals surface area contributed by atoms with Crippen LogP contribution in [0.1, 0.15) is 39.5 Å². The molecule has 70 valence electrons. The normalized spacial score (nSPS) is 27.8. The van der Waals surface area contributed by atoms with Crippen molar-refractivity contribution in [1.82, 2.24) is 0 Å². The van der Waals surface area contributed by atoms with Crippen LogP contribution in [-0.4, -0.2) is 12.6 Å². The number of carbonyl (C=O) groups excluding carboxylic acids is 1. The van der Waals surface area contributed by atoms with E-state index in [0.29, 0.717) is 13.0 Å². The van der Waals surface area contributed by atoms with Crippen LogP contribution in [0.15, 0.2) is 0 Å². The summed E-state index contributed by atoms with van der Waals surface area (Å²) in [7, 11) is 0. The minimum Gasteiger partial charge on any atom is -0.466 e. The first-order chi connectivity index (χ1) is 5.72. The Labute approximate surface area is 74.3 Å². The van der Waals surface area contributed by atoms with E-state index in [9.17, 15) is 4.79 Å². The maximum atomic E-state index is 10.9. The van der Waals surface area contributed by atoms with Crippen LogP contribution in [0.3, 0.4) is 0 Å². The van der Waals surface area contributed by atoms with Crippen LogP contribution in [0.25, 0.3) is 0 Å². The van der Waals surface area contributed by atoms with Gasteiger partial charge < -0.3 is 4.74 Å². The lowest BCUT2D eigenvalue weighted by atomic mass is 9.74. The van der Waals surface area contributed by atoms with E-state index in [1.165, 1.54) is 12.8 Å². The molecule has 0 amide bonds. The second kappa shape index (κ2) is 4.48. The summed E-state index contributed by atoms with van der Waals surface area (Å²) in [6.07, 6.45) is 4.26. The third-order valence-electron chi connectivity index (χ3n) is 2.53. The van der Waals surface area contributed by atoms with Crippen LogP contribution in [0.2, 0.25) is 0 Å². The van der Waals surface area contributed by atoms with E-state index in [0.717, 1.165) is 18.3 Å². The van der Waals surface area contributed by atoms with Gasteiger partial charge in [-0.3, -0.25) is 4.79 Å². The fraction of sp³-hybridized carbons (Fsp3) is 0.900. The van der Waals surface area contributed by atoms with E-state index in [2.05, 4.69) is 6.92 Å². The van der Waals surface area contributed by atoms with Crippen molar-refractivity contribution in [2.24, 2.45) is 11.8 Å². The van der Waals surface area contributed by atoms with Crippen molar-refractivity contribution in [3.8, 4) is 0 Å². The molecular formula is C10H18O2. The van der Waals surface area contributed by atoms with Gasteiger partial charge >= 0.3 is 5.97 Å². The van der Waals surface area contributed by atoms with Crippen LogP contribution in [0, 0.1) is 11.8 Å². The van der Waals surface area contributed by atoms with E-state index in [4.69, 9.17) is 4.74 Å². The molecule has 0 bridgehead atoms. The van der Waals surface area contributed by atoms with Crippen molar-refractivity contribution in [3.63, 3.8) is 0 Å². The molecule has 0 unspecified atom stereocenters. The standard InChI is InChI=1S/C10H18O2/c1-3-12-10(11)5-4-9-6-8(2)7-9/h8-9H,3-7H2,1-2H3/t8-,9-. The molecule has 2 heteroatoms. The Balaban J connectivity index is 1.98. The van der Waals surface area contributed by atoms with Gasteiger partial charge in [0.25, 0.3) is 0 Å². The predicted molar refractivity (Wildman–Crippen MR) is 47.8 cm³/mol. The van der Waals surface area contributed by atoms with Crippen molar-refractivity contribution in [3.05, 3.63) is 0 Å². The summed E-state index contributed by atoms with van der Waals surface area (Å²) in [5.74, 6) is 1.65. The van der Waals surface area contributed by atoms with Crippen molar-refractivity contribution >= 4 is 5.97 Å². The zero-order valence-electron chi connectivity index (χ0n) is 8.01. The molecule has 0 aromatic carbocycles. The van der Waals surface area contributed by atoms with E-state index in [-0.39, 0.29) is 5.97 Å². The van der Waals surface area contributed by atoms with Gasteiger partial charge in [0.2, 0.25) is 0 Å². The van der Waals surface area contributed by atoms with Gasteiger partial charge in [-0.2, -0.15) is 0 Å². The molecule has 0 spiro atoms. The number of ether oxygens (including phenoxy) is 1. The summed E-state index contributed by atoms with van der Waals surface area (Å²) in [5.41, 5.74) is 0. The number of carbonyl (C=O) groups is 1.